The fourth-order valence-corrected chi connectivity index (χ4v) is 3.19. The highest BCUT2D eigenvalue weighted by molar-refractivity contribution is 6.04. The normalized spacial score (nSPS) is 12.3. The van der Waals surface area contributed by atoms with Gasteiger partial charge in [0.1, 0.15) is 12.3 Å². The first-order chi connectivity index (χ1) is 13.8. The van der Waals surface area contributed by atoms with Gasteiger partial charge in [0.15, 0.2) is 17.3 Å². The molecule has 28 heavy (non-hydrogen) atoms. The lowest BCUT2D eigenvalue weighted by atomic mass is 10.1. The van der Waals surface area contributed by atoms with Crippen LogP contribution in [0.15, 0.2) is 71.3 Å². The molecule has 6 heteroatoms. The third-order valence-corrected chi connectivity index (χ3v) is 4.58. The number of benzene rings is 3. The van der Waals surface area contributed by atoms with Crippen LogP contribution in [0.3, 0.4) is 0 Å². The molecular weight excluding hydrogens is 358 g/mol. The Balaban J connectivity index is 1.32. The largest absolute Gasteiger partial charge is 0.455 e. The second-order valence-electron chi connectivity index (χ2n) is 6.35. The lowest BCUT2D eigenvalue weighted by molar-refractivity contribution is 0.0466. The molecule has 1 aliphatic heterocycles. The fraction of sp³-hybridized carbons (Fsp3) is 0.0909. The SMILES string of the molecule is O=C(OCc1cc(-c2ccc3c(c2)OCO3)on1)c1cccc2ccccc12. The van der Waals surface area contributed by atoms with Crippen LogP contribution in [0.4, 0.5) is 0 Å². The number of nitrogens with zero attached hydrogens (tertiary/aromatic N) is 1. The maximum Gasteiger partial charge on any atom is 0.339 e. The van der Waals surface area contributed by atoms with Crippen LogP contribution in [0.25, 0.3) is 22.1 Å². The van der Waals surface area contributed by atoms with E-state index in [1.807, 2.05) is 54.6 Å². The van der Waals surface area contributed by atoms with Gasteiger partial charge in [-0.15, -0.1) is 0 Å². The first kappa shape index (κ1) is 16.4. The van der Waals surface area contributed by atoms with E-state index < -0.39 is 5.97 Å². The van der Waals surface area contributed by atoms with E-state index in [4.69, 9.17) is 18.7 Å². The molecule has 138 valence electrons. The Bertz CT molecular complexity index is 1180. The first-order valence-corrected chi connectivity index (χ1v) is 8.78. The molecule has 0 amide bonds. The van der Waals surface area contributed by atoms with Crippen molar-refractivity contribution in [3.63, 3.8) is 0 Å². The highest BCUT2D eigenvalue weighted by atomic mass is 16.7. The predicted molar refractivity (Wildman–Crippen MR) is 101 cm³/mol. The summed E-state index contributed by atoms with van der Waals surface area (Å²) < 4.78 is 21.5. The third-order valence-electron chi connectivity index (χ3n) is 4.58. The molecule has 6 nitrogen and oxygen atoms in total. The molecule has 0 atom stereocenters. The maximum absolute atomic E-state index is 12.5. The van der Waals surface area contributed by atoms with Crippen molar-refractivity contribution in [2.75, 3.05) is 6.79 Å². The van der Waals surface area contributed by atoms with Gasteiger partial charge in [0.25, 0.3) is 0 Å². The molecule has 0 aliphatic carbocycles. The minimum absolute atomic E-state index is 0.0239. The van der Waals surface area contributed by atoms with Gasteiger partial charge in [0.2, 0.25) is 6.79 Å². The molecule has 0 saturated heterocycles. The summed E-state index contributed by atoms with van der Waals surface area (Å²) in [5.74, 6) is 1.53. The summed E-state index contributed by atoms with van der Waals surface area (Å²) in [7, 11) is 0. The second-order valence-corrected chi connectivity index (χ2v) is 6.35. The van der Waals surface area contributed by atoms with Crippen LogP contribution in [0, 0.1) is 0 Å². The average Bonchev–Trinajstić information content (AvgIpc) is 3.40. The number of carbonyl (C=O) groups excluding carboxylic acids is 1. The highest BCUT2D eigenvalue weighted by Crippen LogP contribution is 2.36. The molecule has 1 aromatic heterocycles. The van der Waals surface area contributed by atoms with Crippen molar-refractivity contribution in [2.45, 2.75) is 6.61 Å². The van der Waals surface area contributed by atoms with E-state index in [0.717, 1.165) is 16.3 Å². The minimum Gasteiger partial charge on any atom is -0.455 e. The Hall–Kier alpha value is -3.80. The number of fused-ring (bicyclic) bond motifs is 2. The monoisotopic (exact) mass is 373 g/mol. The van der Waals surface area contributed by atoms with Gasteiger partial charge in [-0.3, -0.25) is 0 Å². The van der Waals surface area contributed by atoms with Gasteiger partial charge in [-0.1, -0.05) is 41.6 Å². The van der Waals surface area contributed by atoms with E-state index in [1.165, 1.54) is 0 Å². The van der Waals surface area contributed by atoms with Crippen molar-refractivity contribution < 1.29 is 23.5 Å². The first-order valence-electron chi connectivity index (χ1n) is 8.78. The summed E-state index contributed by atoms with van der Waals surface area (Å²) in [6.45, 7) is 0.237. The van der Waals surface area contributed by atoms with E-state index in [9.17, 15) is 4.79 Å². The van der Waals surface area contributed by atoms with Crippen molar-refractivity contribution in [2.24, 2.45) is 0 Å². The highest BCUT2D eigenvalue weighted by Gasteiger charge is 2.17. The number of rotatable bonds is 4. The Kier molecular flexibility index (Phi) is 3.94. The molecule has 2 heterocycles. The van der Waals surface area contributed by atoms with Crippen molar-refractivity contribution in [1.82, 2.24) is 5.16 Å². The lowest BCUT2D eigenvalue weighted by Gasteiger charge is -2.06. The van der Waals surface area contributed by atoms with Crippen molar-refractivity contribution >= 4 is 16.7 Å². The molecular formula is C22H15NO5. The van der Waals surface area contributed by atoms with Crippen LogP contribution in [0.1, 0.15) is 16.1 Å². The number of carbonyl (C=O) groups is 1. The molecule has 0 spiro atoms. The van der Waals surface area contributed by atoms with Gasteiger partial charge in [-0.05, 0) is 35.0 Å². The zero-order valence-electron chi connectivity index (χ0n) is 14.8. The predicted octanol–water partition coefficient (Wildman–Crippen LogP) is 4.58. The molecule has 0 fully saturated rings. The molecule has 0 radical (unpaired) electrons. The van der Waals surface area contributed by atoms with E-state index in [1.54, 1.807) is 12.1 Å². The molecule has 1 aliphatic rings. The fourth-order valence-electron chi connectivity index (χ4n) is 3.19. The van der Waals surface area contributed by atoms with Gasteiger partial charge in [-0.25, -0.2) is 4.79 Å². The second kappa shape index (κ2) is 6.74. The summed E-state index contributed by atoms with van der Waals surface area (Å²) >= 11 is 0. The lowest BCUT2D eigenvalue weighted by Crippen LogP contribution is -2.06. The number of aromatic nitrogens is 1. The van der Waals surface area contributed by atoms with Gasteiger partial charge in [-0.2, -0.15) is 0 Å². The Morgan fingerprint density at radius 2 is 1.82 bits per heavy atom. The Morgan fingerprint density at radius 1 is 0.964 bits per heavy atom. The number of esters is 1. The van der Waals surface area contributed by atoms with Crippen LogP contribution in [-0.2, 0) is 11.3 Å². The zero-order valence-corrected chi connectivity index (χ0v) is 14.8. The Labute approximate surface area is 160 Å². The zero-order chi connectivity index (χ0) is 18.9. The molecule has 0 bridgehead atoms. The number of hydrogen-bond acceptors (Lipinski definition) is 6. The summed E-state index contributed by atoms with van der Waals surface area (Å²) in [6, 6.07) is 20.5. The van der Waals surface area contributed by atoms with Crippen molar-refractivity contribution in [1.29, 1.82) is 0 Å². The van der Waals surface area contributed by atoms with Gasteiger partial charge in [0, 0.05) is 11.6 Å². The summed E-state index contributed by atoms with van der Waals surface area (Å²) in [5, 5.41) is 5.84. The van der Waals surface area contributed by atoms with Gasteiger partial charge in [0.05, 0.1) is 5.56 Å². The van der Waals surface area contributed by atoms with Crippen molar-refractivity contribution in [3.8, 4) is 22.8 Å². The van der Waals surface area contributed by atoms with Crippen LogP contribution in [0.2, 0.25) is 0 Å². The van der Waals surface area contributed by atoms with E-state index in [-0.39, 0.29) is 13.4 Å². The van der Waals surface area contributed by atoms with Crippen LogP contribution in [0.5, 0.6) is 11.5 Å². The van der Waals surface area contributed by atoms with Crippen LogP contribution in [-0.4, -0.2) is 17.9 Å². The van der Waals surface area contributed by atoms with Gasteiger partial charge < -0.3 is 18.7 Å². The van der Waals surface area contributed by atoms with E-state index in [2.05, 4.69) is 5.16 Å². The summed E-state index contributed by atoms with van der Waals surface area (Å²) in [6.07, 6.45) is 0. The van der Waals surface area contributed by atoms with E-state index >= 15 is 0 Å². The molecule has 5 rings (SSSR count). The standard InChI is InChI=1S/C22H15NO5/c24-22(18-7-3-5-14-4-1-2-6-17(14)18)25-12-16-11-20(28-23-16)15-8-9-19-21(10-15)27-13-26-19/h1-11H,12-13H2. The van der Waals surface area contributed by atoms with Crippen LogP contribution < -0.4 is 9.47 Å². The number of ether oxygens (including phenoxy) is 3. The smallest absolute Gasteiger partial charge is 0.339 e. The summed E-state index contributed by atoms with van der Waals surface area (Å²) in [5.41, 5.74) is 1.86. The van der Waals surface area contributed by atoms with E-state index in [0.29, 0.717) is 28.5 Å². The molecule has 0 saturated carbocycles. The molecule has 4 aromatic rings. The van der Waals surface area contributed by atoms with Gasteiger partial charge >= 0.3 is 5.97 Å². The topological polar surface area (TPSA) is 70.8 Å². The molecule has 3 aromatic carbocycles. The summed E-state index contributed by atoms with van der Waals surface area (Å²) in [4.78, 5) is 12.5. The maximum atomic E-state index is 12.5. The average molecular weight is 373 g/mol. The molecule has 0 N–H and O–H groups in total. The quantitative estimate of drug-likeness (QED) is 0.488. The Morgan fingerprint density at radius 3 is 2.79 bits per heavy atom. The van der Waals surface area contributed by atoms with Crippen LogP contribution >= 0.6 is 0 Å². The van der Waals surface area contributed by atoms with Crippen molar-refractivity contribution in [3.05, 3.63) is 78.0 Å². The minimum atomic E-state index is -0.399. The molecule has 0 unspecified atom stereocenters. The third kappa shape index (κ3) is 2.95. The number of hydrogen-bond donors (Lipinski definition) is 0.